The third kappa shape index (κ3) is 4.32. The van der Waals surface area contributed by atoms with Crippen LogP contribution >= 0.6 is 27.5 Å². The molecule has 90 valence electrons. The van der Waals surface area contributed by atoms with Crippen LogP contribution in [0.5, 0.6) is 5.75 Å². The van der Waals surface area contributed by atoms with Crippen molar-refractivity contribution in [2.45, 2.75) is 25.9 Å². The minimum atomic E-state index is 0.418. The Balaban J connectivity index is 2.61. The highest BCUT2D eigenvalue weighted by Crippen LogP contribution is 2.22. The Bertz CT molecular complexity index is 333. The summed E-state index contributed by atoms with van der Waals surface area (Å²) < 4.78 is 6.37. The van der Waals surface area contributed by atoms with Gasteiger partial charge in [0.2, 0.25) is 0 Å². The van der Waals surface area contributed by atoms with Crippen molar-refractivity contribution in [1.82, 2.24) is 5.32 Å². The van der Waals surface area contributed by atoms with Gasteiger partial charge in [-0.15, -0.1) is 11.6 Å². The number of alkyl halides is 1. The topological polar surface area (TPSA) is 21.3 Å². The van der Waals surface area contributed by atoms with Gasteiger partial charge in [-0.2, -0.15) is 0 Å². The van der Waals surface area contributed by atoms with E-state index in [9.17, 15) is 0 Å². The van der Waals surface area contributed by atoms with Gasteiger partial charge in [0.05, 0.1) is 7.11 Å². The molecule has 0 radical (unpaired) electrons. The molecule has 0 saturated heterocycles. The lowest BCUT2D eigenvalue weighted by Gasteiger charge is -2.14. The molecule has 0 heterocycles. The SMILES string of the molecule is COc1ccc(Br)cc1CNC(C)CCCl. The van der Waals surface area contributed by atoms with E-state index < -0.39 is 0 Å². The van der Waals surface area contributed by atoms with Gasteiger partial charge >= 0.3 is 0 Å². The van der Waals surface area contributed by atoms with Crippen LogP contribution in [0.4, 0.5) is 0 Å². The summed E-state index contributed by atoms with van der Waals surface area (Å²) in [5, 5.41) is 3.42. The van der Waals surface area contributed by atoms with E-state index in [2.05, 4.69) is 34.2 Å². The molecule has 2 nitrogen and oxygen atoms in total. The molecule has 1 unspecified atom stereocenters. The van der Waals surface area contributed by atoms with Crippen molar-refractivity contribution in [2.75, 3.05) is 13.0 Å². The molecule has 1 aromatic carbocycles. The monoisotopic (exact) mass is 305 g/mol. The lowest BCUT2D eigenvalue weighted by Crippen LogP contribution is -2.25. The van der Waals surface area contributed by atoms with Crippen molar-refractivity contribution < 1.29 is 4.74 Å². The average molecular weight is 307 g/mol. The highest BCUT2D eigenvalue weighted by molar-refractivity contribution is 9.10. The molecule has 0 spiro atoms. The smallest absolute Gasteiger partial charge is 0.123 e. The summed E-state index contributed by atoms with van der Waals surface area (Å²) in [5.74, 6) is 1.60. The van der Waals surface area contributed by atoms with Gasteiger partial charge in [0.1, 0.15) is 5.75 Å². The van der Waals surface area contributed by atoms with Crippen LogP contribution in [-0.2, 0) is 6.54 Å². The molecule has 16 heavy (non-hydrogen) atoms. The predicted molar refractivity (Wildman–Crippen MR) is 72.3 cm³/mol. The molecular formula is C12H17BrClNO. The van der Waals surface area contributed by atoms with E-state index in [0.29, 0.717) is 11.9 Å². The van der Waals surface area contributed by atoms with E-state index in [4.69, 9.17) is 16.3 Å². The second kappa shape index (κ2) is 7.15. The van der Waals surface area contributed by atoms with Gasteiger partial charge in [0.15, 0.2) is 0 Å². The molecule has 0 saturated carbocycles. The first-order valence-electron chi connectivity index (χ1n) is 5.29. The maximum Gasteiger partial charge on any atom is 0.123 e. The molecule has 0 fully saturated rings. The van der Waals surface area contributed by atoms with Crippen molar-refractivity contribution in [2.24, 2.45) is 0 Å². The fourth-order valence-electron chi connectivity index (χ4n) is 1.44. The van der Waals surface area contributed by atoms with E-state index in [0.717, 1.165) is 28.8 Å². The maximum atomic E-state index is 5.69. The zero-order valence-electron chi connectivity index (χ0n) is 9.59. The Kier molecular flexibility index (Phi) is 6.17. The number of nitrogens with one attached hydrogen (secondary N) is 1. The normalized spacial score (nSPS) is 12.5. The largest absolute Gasteiger partial charge is 0.496 e. The van der Waals surface area contributed by atoms with Crippen LogP contribution < -0.4 is 10.1 Å². The quantitative estimate of drug-likeness (QED) is 0.811. The Morgan fingerprint density at radius 3 is 2.88 bits per heavy atom. The average Bonchev–Trinajstić information content (AvgIpc) is 2.27. The number of hydrogen-bond acceptors (Lipinski definition) is 2. The minimum absolute atomic E-state index is 0.418. The summed E-state index contributed by atoms with van der Waals surface area (Å²) >= 11 is 9.15. The van der Waals surface area contributed by atoms with Gasteiger partial charge < -0.3 is 10.1 Å². The maximum absolute atomic E-state index is 5.69. The van der Waals surface area contributed by atoms with E-state index in [-0.39, 0.29) is 0 Å². The fourth-order valence-corrected chi connectivity index (χ4v) is 2.17. The molecular weight excluding hydrogens is 289 g/mol. The zero-order chi connectivity index (χ0) is 12.0. The van der Waals surface area contributed by atoms with Crippen LogP contribution in [0.25, 0.3) is 0 Å². The highest BCUT2D eigenvalue weighted by atomic mass is 79.9. The minimum Gasteiger partial charge on any atom is -0.496 e. The summed E-state index contributed by atoms with van der Waals surface area (Å²) in [6.07, 6.45) is 0.970. The molecule has 0 aromatic heterocycles. The number of hydrogen-bond donors (Lipinski definition) is 1. The third-order valence-corrected chi connectivity index (χ3v) is 3.14. The standard InChI is InChI=1S/C12H17BrClNO/c1-9(5-6-14)15-8-10-7-11(13)3-4-12(10)16-2/h3-4,7,9,15H,5-6,8H2,1-2H3. The third-order valence-electron chi connectivity index (χ3n) is 2.43. The number of halogens is 2. The van der Waals surface area contributed by atoms with Crippen LogP contribution in [0.2, 0.25) is 0 Å². The summed E-state index contributed by atoms with van der Waals surface area (Å²) in [5.41, 5.74) is 1.15. The van der Waals surface area contributed by atoms with E-state index in [1.54, 1.807) is 7.11 Å². The second-order valence-corrected chi connectivity index (χ2v) is 5.01. The molecule has 1 atom stereocenters. The Morgan fingerprint density at radius 1 is 1.50 bits per heavy atom. The van der Waals surface area contributed by atoms with Crippen LogP contribution in [0.15, 0.2) is 22.7 Å². The lowest BCUT2D eigenvalue weighted by molar-refractivity contribution is 0.405. The van der Waals surface area contributed by atoms with E-state index in [1.807, 2.05) is 12.1 Å². The van der Waals surface area contributed by atoms with Crippen molar-refractivity contribution in [3.8, 4) is 5.75 Å². The van der Waals surface area contributed by atoms with Gasteiger partial charge in [-0.1, -0.05) is 15.9 Å². The molecule has 0 aliphatic rings. The first-order chi connectivity index (χ1) is 7.67. The number of benzene rings is 1. The van der Waals surface area contributed by atoms with Crippen LogP contribution in [-0.4, -0.2) is 19.0 Å². The van der Waals surface area contributed by atoms with Crippen molar-refractivity contribution in [1.29, 1.82) is 0 Å². The van der Waals surface area contributed by atoms with Crippen LogP contribution in [0, 0.1) is 0 Å². The first kappa shape index (κ1) is 13.8. The summed E-state index contributed by atoms with van der Waals surface area (Å²) in [7, 11) is 1.69. The first-order valence-corrected chi connectivity index (χ1v) is 6.62. The molecule has 4 heteroatoms. The molecule has 0 bridgehead atoms. The van der Waals surface area contributed by atoms with Crippen molar-refractivity contribution >= 4 is 27.5 Å². The Hall–Kier alpha value is -0.250. The Morgan fingerprint density at radius 2 is 2.25 bits per heavy atom. The Labute approximate surface area is 110 Å². The van der Waals surface area contributed by atoms with Gasteiger partial charge in [0.25, 0.3) is 0 Å². The molecule has 0 aliphatic heterocycles. The summed E-state index contributed by atoms with van der Waals surface area (Å²) in [6, 6.07) is 6.43. The number of rotatable bonds is 6. The molecule has 1 aromatic rings. The van der Waals surface area contributed by atoms with Crippen LogP contribution in [0.1, 0.15) is 18.9 Å². The summed E-state index contributed by atoms with van der Waals surface area (Å²) in [6.45, 7) is 2.92. The lowest BCUT2D eigenvalue weighted by atomic mass is 10.2. The van der Waals surface area contributed by atoms with Gasteiger partial charge in [0, 0.05) is 28.5 Å². The summed E-state index contributed by atoms with van der Waals surface area (Å²) in [4.78, 5) is 0. The van der Waals surface area contributed by atoms with Crippen molar-refractivity contribution in [3.05, 3.63) is 28.2 Å². The molecule has 1 N–H and O–H groups in total. The zero-order valence-corrected chi connectivity index (χ0v) is 11.9. The molecule has 1 rings (SSSR count). The number of methoxy groups -OCH3 is 1. The van der Waals surface area contributed by atoms with Crippen molar-refractivity contribution in [3.63, 3.8) is 0 Å². The predicted octanol–water partition coefficient (Wildman–Crippen LogP) is 3.56. The second-order valence-electron chi connectivity index (χ2n) is 3.72. The fraction of sp³-hybridized carbons (Fsp3) is 0.500. The van der Waals surface area contributed by atoms with Gasteiger partial charge in [-0.05, 0) is 31.5 Å². The molecule has 0 amide bonds. The highest BCUT2D eigenvalue weighted by Gasteiger charge is 2.05. The number of ether oxygens (including phenoxy) is 1. The van der Waals surface area contributed by atoms with Crippen LogP contribution in [0.3, 0.4) is 0 Å². The van der Waals surface area contributed by atoms with Gasteiger partial charge in [-0.3, -0.25) is 0 Å². The van der Waals surface area contributed by atoms with E-state index >= 15 is 0 Å². The van der Waals surface area contributed by atoms with E-state index in [1.165, 1.54) is 0 Å². The molecule has 0 aliphatic carbocycles. The van der Waals surface area contributed by atoms with Gasteiger partial charge in [-0.25, -0.2) is 0 Å².